The minimum absolute atomic E-state index is 0.203. The van der Waals surface area contributed by atoms with Crippen molar-refractivity contribution in [2.75, 3.05) is 39.2 Å². The highest BCUT2D eigenvalue weighted by Gasteiger charge is 2.13. The number of carbonyl (C=O) groups excluding carboxylic acids is 1. The summed E-state index contributed by atoms with van der Waals surface area (Å²) < 4.78 is 13.3. The molecule has 148 valence electrons. The maximum absolute atomic E-state index is 12.6. The first kappa shape index (κ1) is 20.8. The van der Waals surface area contributed by atoms with Crippen molar-refractivity contribution in [3.63, 3.8) is 0 Å². The summed E-state index contributed by atoms with van der Waals surface area (Å²) in [6.45, 7) is 6.92. The number of benzene rings is 1. The molecule has 7 heteroatoms. The molecule has 1 N–H and O–H groups in total. The smallest absolute Gasteiger partial charge is 0.255 e. The predicted molar refractivity (Wildman–Crippen MR) is 107 cm³/mol. The molecule has 0 atom stereocenters. The Bertz CT molecular complexity index is 728. The van der Waals surface area contributed by atoms with Gasteiger partial charge >= 0.3 is 0 Å². The molecule has 0 aliphatic carbocycles. The number of aromatic nitrogens is 2. The molecule has 0 unspecified atom stereocenters. The third-order valence-corrected chi connectivity index (χ3v) is 3.80. The standard InChI is InChI=1S/C20H30N4O3/c1-5-11-26-18-8-7-16(13-19(18)27-12-6-2)20(25)22-17-14-21-24(15-17)10-9-23(3)4/h7-8,13-15H,5-6,9-12H2,1-4H3,(H,22,25). The monoisotopic (exact) mass is 374 g/mol. The molecule has 1 heterocycles. The molecule has 0 fully saturated rings. The number of hydrogen-bond acceptors (Lipinski definition) is 5. The Hall–Kier alpha value is -2.54. The van der Waals surface area contributed by atoms with Crippen molar-refractivity contribution in [3.05, 3.63) is 36.2 Å². The largest absolute Gasteiger partial charge is 0.490 e. The van der Waals surface area contributed by atoms with E-state index in [-0.39, 0.29) is 5.91 Å². The maximum Gasteiger partial charge on any atom is 0.255 e. The number of carbonyl (C=O) groups is 1. The van der Waals surface area contributed by atoms with Crippen LogP contribution in [-0.2, 0) is 6.54 Å². The highest BCUT2D eigenvalue weighted by Crippen LogP contribution is 2.29. The lowest BCUT2D eigenvalue weighted by atomic mass is 10.2. The summed E-state index contributed by atoms with van der Waals surface area (Å²) in [5, 5.41) is 7.15. The van der Waals surface area contributed by atoms with Gasteiger partial charge in [0.25, 0.3) is 5.91 Å². The fourth-order valence-corrected chi connectivity index (χ4v) is 2.36. The van der Waals surface area contributed by atoms with Gasteiger partial charge in [-0.05, 0) is 45.1 Å². The number of amides is 1. The molecule has 0 bridgehead atoms. The average molecular weight is 374 g/mol. The van der Waals surface area contributed by atoms with E-state index in [2.05, 4.69) is 15.3 Å². The van der Waals surface area contributed by atoms with E-state index in [4.69, 9.17) is 9.47 Å². The molecule has 0 saturated carbocycles. The van der Waals surface area contributed by atoms with Crippen molar-refractivity contribution in [1.29, 1.82) is 0 Å². The fraction of sp³-hybridized carbons (Fsp3) is 0.500. The van der Waals surface area contributed by atoms with Gasteiger partial charge in [0.05, 0.1) is 31.6 Å². The van der Waals surface area contributed by atoms with Gasteiger partial charge in [-0.1, -0.05) is 13.8 Å². The van der Waals surface area contributed by atoms with Crippen molar-refractivity contribution in [1.82, 2.24) is 14.7 Å². The van der Waals surface area contributed by atoms with Crippen molar-refractivity contribution < 1.29 is 14.3 Å². The topological polar surface area (TPSA) is 68.6 Å². The Labute approximate surface area is 161 Å². The van der Waals surface area contributed by atoms with Crippen LogP contribution in [0.2, 0.25) is 0 Å². The molecule has 1 amide bonds. The molecule has 0 saturated heterocycles. The summed E-state index contributed by atoms with van der Waals surface area (Å²) >= 11 is 0. The Morgan fingerprint density at radius 2 is 1.85 bits per heavy atom. The molecular weight excluding hydrogens is 344 g/mol. The van der Waals surface area contributed by atoms with Crippen LogP contribution in [0.3, 0.4) is 0 Å². The molecule has 27 heavy (non-hydrogen) atoms. The fourth-order valence-electron chi connectivity index (χ4n) is 2.36. The van der Waals surface area contributed by atoms with E-state index in [1.165, 1.54) is 0 Å². The van der Waals surface area contributed by atoms with Crippen LogP contribution in [0.1, 0.15) is 37.0 Å². The summed E-state index contributed by atoms with van der Waals surface area (Å²) in [6, 6.07) is 5.26. The highest BCUT2D eigenvalue weighted by atomic mass is 16.5. The van der Waals surface area contributed by atoms with Crippen molar-refractivity contribution in [2.45, 2.75) is 33.2 Å². The Kier molecular flexibility index (Phi) is 8.13. The van der Waals surface area contributed by atoms with Crippen LogP contribution < -0.4 is 14.8 Å². The van der Waals surface area contributed by atoms with Crippen LogP contribution in [0, 0.1) is 0 Å². The van der Waals surface area contributed by atoms with Crippen LogP contribution in [0.25, 0.3) is 0 Å². The number of anilines is 1. The molecule has 7 nitrogen and oxygen atoms in total. The van der Waals surface area contributed by atoms with E-state index in [1.54, 1.807) is 24.4 Å². The predicted octanol–water partition coefficient (Wildman–Crippen LogP) is 3.27. The second kappa shape index (κ2) is 10.6. The number of ether oxygens (including phenoxy) is 2. The maximum atomic E-state index is 12.6. The summed E-state index contributed by atoms with van der Waals surface area (Å²) in [5.74, 6) is 1.06. The molecule has 0 spiro atoms. The lowest BCUT2D eigenvalue weighted by Crippen LogP contribution is -2.18. The van der Waals surface area contributed by atoms with Gasteiger partial charge in [-0.3, -0.25) is 9.48 Å². The number of hydrogen-bond donors (Lipinski definition) is 1. The first-order chi connectivity index (χ1) is 13.0. The summed E-state index contributed by atoms with van der Waals surface area (Å²) in [5.41, 5.74) is 1.19. The number of nitrogens with one attached hydrogen (secondary N) is 1. The van der Waals surface area contributed by atoms with Crippen LogP contribution in [0.15, 0.2) is 30.6 Å². The van der Waals surface area contributed by atoms with Crippen LogP contribution in [0.5, 0.6) is 11.5 Å². The highest BCUT2D eigenvalue weighted by molar-refractivity contribution is 6.04. The van der Waals surface area contributed by atoms with E-state index in [0.29, 0.717) is 36.0 Å². The molecule has 2 rings (SSSR count). The molecule has 2 aromatic rings. The van der Waals surface area contributed by atoms with Crippen molar-refractivity contribution in [3.8, 4) is 11.5 Å². The van der Waals surface area contributed by atoms with E-state index >= 15 is 0 Å². The zero-order valence-corrected chi connectivity index (χ0v) is 16.7. The third kappa shape index (κ3) is 6.60. The quantitative estimate of drug-likeness (QED) is 0.654. The van der Waals surface area contributed by atoms with Crippen LogP contribution in [-0.4, -0.2) is 54.4 Å². The second-order valence-electron chi connectivity index (χ2n) is 6.61. The number of likely N-dealkylation sites (N-methyl/N-ethyl adjacent to an activating group) is 1. The summed E-state index contributed by atoms with van der Waals surface area (Å²) in [6.07, 6.45) is 5.28. The molecule has 1 aromatic heterocycles. The van der Waals surface area contributed by atoms with Gasteiger partial charge in [-0.15, -0.1) is 0 Å². The third-order valence-electron chi connectivity index (χ3n) is 3.80. The zero-order chi connectivity index (χ0) is 19.6. The average Bonchev–Trinajstić information content (AvgIpc) is 3.10. The second-order valence-corrected chi connectivity index (χ2v) is 6.61. The molecule has 1 aromatic carbocycles. The first-order valence-electron chi connectivity index (χ1n) is 9.41. The van der Waals surface area contributed by atoms with Gasteiger partial charge in [-0.2, -0.15) is 5.10 Å². The SMILES string of the molecule is CCCOc1ccc(C(=O)Nc2cnn(CCN(C)C)c2)cc1OCCC. The van der Waals surface area contributed by atoms with Gasteiger partial charge < -0.3 is 19.7 Å². The van der Waals surface area contributed by atoms with Gasteiger partial charge in [0.15, 0.2) is 11.5 Å². The minimum Gasteiger partial charge on any atom is -0.490 e. The number of rotatable bonds is 11. The normalized spacial score (nSPS) is 10.9. The van der Waals surface area contributed by atoms with Gasteiger partial charge in [-0.25, -0.2) is 0 Å². The van der Waals surface area contributed by atoms with Crippen molar-refractivity contribution >= 4 is 11.6 Å². The molecule has 0 aliphatic heterocycles. The van der Waals surface area contributed by atoms with E-state index in [0.717, 1.165) is 25.9 Å². The Morgan fingerprint density at radius 3 is 2.52 bits per heavy atom. The Morgan fingerprint density at radius 1 is 1.15 bits per heavy atom. The minimum atomic E-state index is -0.203. The molecular formula is C20H30N4O3. The van der Waals surface area contributed by atoms with Gasteiger partial charge in [0.2, 0.25) is 0 Å². The molecule has 0 aliphatic rings. The lowest BCUT2D eigenvalue weighted by Gasteiger charge is -2.13. The Balaban J connectivity index is 2.06. The zero-order valence-electron chi connectivity index (χ0n) is 16.7. The van der Waals surface area contributed by atoms with E-state index < -0.39 is 0 Å². The van der Waals surface area contributed by atoms with Crippen LogP contribution >= 0.6 is 0 Å². The summed E-state index contributed by atoms with van der Waals surface area (Å²) in [4.78, 5) is 14.7. The summed E-state index contributed by atoms with van der Waals surface area (Å²) in [7, 11) is 4.02. The number of nitrogens with zero attached hydrogens (tertiary/aromatic N) is 3. The van der Waals surface area contributed by atoms with Crippen molar-refractivity contribution in [2.24, 2.45) is 0 Å². The molecule has 0 radical (unpaired) electrons. The lowest BCUT2D eigenvalue weighted by molar-refractivity contribution is 0.102. The van der Waals surface area contributed by atoms with Crippen LogP contribution in [0.4, 0.5) is 5.69 Å². The van der Waals surface area contributed by atoms with Gasteiger partial charge in [0.1, 0.15) is 0 Å². The van der Waals surface area contributed by atoms with Gasteiger partial charge in [0, 0.05) is 18.3 Å². The van der Waals surface area contributed by atoms with E-state index in [1.807, 2.05) is 38.8 Å². The van der Waals surface area contributed by atoms with E-state index in [9.17, 15) is 4.79 Å². The first-order valence-corrected chi connectivity index (χ1v) is 9.41.